The van der Waals surface area contributed by atoms with Crippen molar-refractivity contribution < 1.29 is 0 Å². The first-order valence-electron chi connectivity index (χ1n) is 16.1. The van der Waals surface area contributed by atoms with Crippen molar-refractivity contribution in [3.8, 4) is 28.2 Å². The molecular formula is C44H25N3. The lowest BCUT2D eigenvalue weighted by atomic mass is 9.86. The minimum Gasteiger partial charge on any atom is -0.292 e. The van der Waals surface area contributed by atoms with E-state index in [4.69, 9.17) is 9.97 Å². The Morgan fingerprint density at radius 2 is 0.851 bits per heavy atom. The molecule has 0 radical (unpaired) electrons. The molecule has 0 spiro atoms. The van der Waals surface area contributed by atoms with Gasteiger partial charge in [0.1, 0.15) is 5.69 Å². The molecular weight excluding hydrogens is 571 g/mol. The van der Waals surface area contributed by atoms with Crippen LogP contribution in [0.5, 0.6) is 0 Å². The molecule has 3 nitrogen and oxygen atoms in total. The van der Waals surface area contributed by atoms with E-state index in [1.807, 2.05) is 12.1 Å². The van der Waals surface area contributed by atoms with E-state index in [0.717, 1.165) is 39.1 Å². The van der Waals surface area contributed by atoms with Crippen LogP contribution in [0.25, 0.3) is 104 Å². The number of fused-ring (bicyclic) bond motifs is 5. The fraction of sp³-hybridized carbons (Fsp3) is 0. The van der Waals surface area contributed by atoms with E-state index < -0.39 is 0 Å². The second-order valence-electron chi connectivity index (χ2n) is 12.5. The zero-order valence-electron chi connectivity index (χ0n) is 25.3. The Morgan fingerprint density at radius 1 is 0.319 bits per heavy atom. The van der Waals surface area contributed by atoms with Gasteiger partial charge >= 0.3 is 0 Å². The van der Waals surface area contributed by atoms with E-state index in [1.165, 1.54) is 65.0 Å². The third-order valence-corrected chi connectivity index (χ3v) is 10.1. The van der Waals surface area contributed by atoms with Crippen molar-refractivity contribution in [2.75, 3.05) is 0 Å². The van der Waals surface area contributed by atoms with E-state index in [2.05, 4.69) is 144 Å². The summed E-state index contributed by atoms with van der Waals surface area (Å²) in [4.78, 5) is 10.7. The van der Waals surface area contributed by atoms with Crippen molar-refractivity contribution >= 4 is 75.9 Å². The Hall–Kier alpha value is -6.32. The average Bonchev–Trinajstić information content (AvgIpc) is 3.49. The first-order valence-corrected chi connectivity index (χ1v) is 16.1. The number of nitrogens with zero attached hydrogens (tertiary/aromatic N) is 3. The highest BCUT2D eigenvalue weighted by atomic mass is 15.1. The second kappa shape index (κ2) is 9.12. The summed E-state index contributed by atoms with van der Waals surface area (Å²) in [6, 6.07) is 54.4. The van der Waals surface area contributed by atoms with Crippen molar-refractivity contribution in [2.24, 2.45) is 0 Å². The summed E-state index contributed by atoms with van der Waals surface area (Å²) >= 11 is 0. The third kappa shape index (κ3) is 3.30. The predicted octanol–water partition coefficient (Wildman–Crippen LogP) is 11.5. The summed E-state index contributed by atoms with van der Waals surface area (Å²) in [5, 5.41) is 13.0. The molecule has 0 unspecified atom stereocenters. The SMILES string of the molecule is c1ccc(-c2ccc(-c3nc4ccccc4nc3-n3c4cccc5c6cccc7c8ccccc8c8ccc3c(c8c76)c54)cc2)cc1. The Morgan fingerprint density at radius 3 is 1.62 bits per heavy atom. The summed E-state index contributed by atoms with van der Waals surface area (Å²) in [7, 11) is 0. The van der Waals surface area contributed by atoms with E-state index in [1.54, 1.807) is 0 Å². The predicted molar refractivity (Wildman–Crippen MR) is 197 cm³/mol. The number of rotatable bonds is 3. The summed E-state index contributed by atoms with van der Waals surface area (Å²) in [5.74, 6) is 0.843. The average molecular weight is 596 g/mol. The molecule has 11 rings (SSSR count). The van der Waals surface area contributed by atoms with Crippen LogP contribution in [0, 0.1) is 0 Å². The highest BCUT2D eigenvalue weighted by Gasteiger charge is 2.25. The van der Waals surface area contributed by atoms with Gasteiger partial charge in [-0.3, -0.25) is 4.57 Å². The lowest BCUT2D eigenvalue weighted by molar-refractivity contribution is 1.08. The van der Waals surface area contributed by atoms with Crippen molar-refractivity contribution in [1.82, 2.24) is 14.5 Å². The molecule has 47 heavy (non-hydrogen) atoms. The maximum Gasteiger partial charge on any atom is 0.165 e. The zero-order valence-corrected chi connectivity index (χ0v) is 25.3. The maximum absolute atomic E-state index is 5.39. The molecule has 0 aliphatic rings. The molecule has 11 aromatic rings. The van der Waals surface area contributed by atoms with Crippen LogP contribution in [0.15, 0.2) is 152 Å². The molecule has 0 amide bonds. The number of hydrogen-bond acceptors (Lipinski definition) is 2. The number of hydrogen-bond donors (Lipinski definition) is 0. The molecule has 2 aromatic heterocycles. The van der Waals surface area contributed by atoms with Gasteiger partial charge in [0.15, 0.2) is 5.82 Å². The van der Waals surface area contributed by atoms with Crippen LogP contribution >= 0.6 is 0 Å². The molecule has 3 heteroatoms. The van der Waals surface area contributed by atoms with Crippen LogP contribution in [0.3, 0.4) is 0 Å². The largest absolute Gasteiger partial charge is 0.292 e. The maximum atomic E-state index is 5.39. The van der Waals surface area contributed by atoms with Gasteiger partial charge in [0.05, 0.1) is 22.1 Å². The van der Waals surface area contributed by atoms with Crippen LogP contribution in [0.4, 0.5) is 0 Å². The van der Waals surface area contributed by atoms with Crippen LogP contribution in [0.1, 0.15) is 0 Å². The molecule has 0 bridgehead atoms. The highest BCUT2D eigenvalue weighted by Crippen LogP contribution is 2.49. The molecule has 2 heterocycles. The summed E-state index contributed by atoms with van der Waals surface area (Å²) in [6.45, 7) is 0. The fourth-order valence-electron chi connectivity index (χ4n) is 8.10. The second-order valence-corrected chi connectivity index (χ2v) is 12.5. The molecule has 216 valence electrons. The molecule has 0 N–H and O–H groups in total. The normalized spacial score (nSPS) is 12.3. The monoisotopic (exact) mass is 595 g/mol. The minimum atomic E-state index is 0.843. The molecule has 0 aliphatic heterocycles. The fourth-order valence-corrected chi connectivity index (χ4v) is 8.10. The Balaban J connectivity index is 1.29. The van der Waals surface area contributed by atoms with E-state index in [9.17, 15) is 0 Å². The van der Waals surface area contributed by atoms with Gasteiger partial charge in [0.25, 0.3) is 0 Å². The lowest BCUT2D eigenvalue weighted by Gasteiger charge is -2.16. The Labute approximate surface area is 269 Å². The van der Waals surface area contributed by atoms with Gasteiger partial charge in [-0.25, -0.2) is 9.97 Å². The van der Waals surface area contributed by atoms with Gasteiger partial charge in [-0.05, 0) is 73.1 Å². The molecule has 0 fully saturated rings. The van der Waals surface area contributed by atoms with E-state index in [-0.39, 0.29) is 0 Å². The third-order valence-electron chi connectivity index (χ3n) is 10.1. The van der Waals surface area contributed by atoms with Gasteiger partial charge in [-0.2, -0.15) is 0 Å². The van der Waals surface area contributed by atoms with Crippen molar-refractivity contribution in [3.05, 3.63) is 152 Å². The first kappa shape index (κ1) is 24.9. The van der Waals surface area contributed by atoms with Gasteiger partial charge in [-0.1, -0.05) is 127 Å². The smallest absolute Gasteiger partial charge is 0.165 e. The quantitative estimate of drug-likeness (QED) is 0.150. The highest BCUT2D eigenvalue weighted by molar-refractivity contribution is 6.44. The van der Waals surface area contributed by atoms with Gasteiger partial charge in [-0.15, -0.1) is 0 Å². The van der Waals surface area contributed by atoms with Crippen LogP contribution < -0.4 is 0 Å². The van der Waals surface area contributed by atoms with Crippen molar-refractivity contribution in [3.63, 3.8) is 0 Å². The number of para-hydroxylation sites is 2. The van der Waals surface area contributed by atoms with Crippen molar-refractivity contribution in [1.29, 1.82) is 0 Å². The molecule has 0 saturated heterocycles. The molecule has 0 atom stereocenters. The molecule has 0 aliphatic carbocycles. The standard InChI is InChI=1S/C44H25N3/c1-2-10-26(11-3-1)27-20-22-28(23-21-27)43-44(46-36-18-7-6-17-35(36)45-43)47-37-19-9-16-33-32-15-8-14-31-29-12-4-5-13-30(29)34-24-25-38(47)42(40(33)37)41(34)39(31)32/h1-25H. The van der Waals surface area contributed by atoms with Crippen LogP contribution in [-0.4, -0.2) is 14.5 Å². The van der Waals surface area contributed by atoms with Gasteiger partial charge in [0.2, 0.25) is 0 Å². The Kier molecular flexibility index (Phi) is 4.84. The van der Waals surface area contributed by atoms with E-state index in [0.29, 0.717) is 0 Å². The van der Waals surface area contributed by atoms with Gasteiger partial charge in [0, 0.05) is 21.7 Å². The minimum absolute atomic E-state index is 0.843. The van der Waals surface area contributed by atoms with Crippen LogP contribution in [0.2, 0.25) is 0 Å². The van der Waals surface area contributed by atoms with Crippen molar-refractivity contribution in [2.45, 2.75) is 0 Å². The molecule has 0 saturated carbocycles. The topological polar surface area (TPSA) is 30.7 Å². The van der Waals surface area contributed by atoms with Gasteiger partial charge < -0.3 is 0 Å². The van der Waals surface area contributed by atoms with E-state index >= 15 is 0 Å². The summed E-state index contributed by atoms with van der Waals surface area (Å²) < 4.78 is 2.36. The zero-order chi connectivity index (χ0) is 30.6. The van der Waals surface area contributed by atoms with Crippen LogP contribution in [-0.2, 0) is 0 Å². The summed E-state index contributed by atoms with van der Waals surface area (Å²) in [6.07, 6.45) is 0. The number of aromatic nitrogens is 3. The summed E-state index contributed by atoms with van der Waals surface area (Å²) in [5.41, 5.74) is 8.34. The first-order chi connectivity index (χ1) is 23.3. The molecule has 9 aromatic carbocycles. The lowest BCUT2D eigenvalue weighted by Crippen LogP contribution is -2.03. The number of benzene rings is 9. The Bertz CT molecular complexity index is 2990.